The summed E-state index contributed by atoms with van der Waals surface area (Å²) in [6.45, 7) is 0. The van der Waals surface area contributed by atoms with Crippen LogP contribution < -0.4 is 10.2 Å². The second-order valence-electron chi connectivity index (χ2n) is 7.67. The number of aromatic nitrogens is 3. The van der Waals surface area contributed by atoms with Crippen LogP contribution in [0.25, 0.3) is 22.5 Å². The van der Waals surface area contributed by atoms with Gasteiger partial charge in [-0.15, -0.1) is 0 Å². The summed E-state index contributed by atoms with van der Waals surface area (Å²) in [5.74, 6) is -0.225. The highest BCUT2D eigenvalue weighted by molar-refractivity contribution is 6.04. The Kier molecular flexibility index (Phi) is 6.27. The number of nitrogens with zero attached hydrogens (tertiary/aromatic N) is 4. The van der Waals surface area contributed by atoms with Crippen molar-refractivity contribution in [2.75, 3.05) is 24.3 Å². The lowest BCUT2D eigenvalue weighted by Crippen LogP contribution is -2.15. The van der Waals surface area contributed by atoms with Gasteiger partial charge in [-0.1, -0.05) is 18.2 Å². The van der Waals surface area contributed by atoms with Gasteiger partial charge in [-0.2, -0.15) is 13.2 Å². The van der Waals surface area contributed by atoms with Crippen molar-refractivity contribution in [3.8, 4) is 22.5 Å². The van der Waals surface area contributed by atoms with Crippen molar-refractivity contribution in [1.29, 1.82) is 0 Å². The van der Waals surface area contributed by atoms with E-state index in [2.05, 4.69) is 20.3 Å². The summed E-state index contributed by atoms with van der Waals surface area (Å²) in [5, 5.41) is 2.72. The van der Waals surface area contributed by atoms with Crippen molar-refractivity contribution < 1.29 is 18.0 Å². The van der Waals surface area contributed by atoms with Gasteiger partial charge < -0.3 is 10.2 Å². The SMILES string of the molecule is CN(C)c1cccc(C(=O)Nc2cnc(-c3cccc(C(F)(F)F)c3)c(-c3cccnc3)n2)c1. The molecule has 0 aliphatic carbocycles. The third-order valence-corrected chi connectivity index (χ3v) is 5.04. The molecule has 0 aliphatic heterocycles. The van der Waals surface area contributed by atoms with Crippen LogP contribution in [0, 0.1) is 0 Å². The Morgan fingerprint density at radius 2 is 1.68 bits per heavy atom. The minimum atomic E-state index is -4.49. The lowest BCUT2D eigenvalue weighted by atomic mass is 10.0. The first kappa shape index (κ1) is 22.9. The molecule has 0 bridgehead atoms. The topological polar surface area (TPSA) is 71.0 Å². The summed E-state index contributed by atoms with van der Waals surface area (Å²) >= 11 is 0. The molecular formula is C25H20F3N5O. The summed E-state index contributed by atoms with van der Waals surface area (Å²) in [5.41, 5.74) is 1.83. The van der Waals surface area contributed by atoms with E-state index >= 15 is 0 Å². The Morgan fingerprint density at radius 3 is 2.38 bits per heavy atom. The summed E-state index contributed by atoms with van der Waals surface area (Å²) in [6.07, 6.45) is -0.0619. The highest BCUT2D eigenvalue weighted by Gasteiger charge is 2.31. The number of benzene rings is 2. The second-order valence-corrected chi connectivity index (χ2v) is 7.67. The van der Waals surface area contributed by atoms with E-state index in [0.717, 1.165) is 17.8 Å². The second kappa shape index (κ2) is 9.30. The van der Waals surface area contributed by atoms with E-state index < -0.39 is 11.7 Å². The molecule has 2 aromatic heterocycles. The molecule has 0 unspecified atom stereocenters. The van der Waals surface area contributed by atoms with Crippen molar-refractivity contribution in [1.82, 2.24) is 15.0 Å². The molecule has 2 aromatic carbocycles. The molecule has 0 aliphatic rings. The number of nitrogens with one attached hydrogen (secondary N) is 1. The first-order valence-electron chi connectivity index (χ1n) is 10.3. The van der Waals surface area contributed by atoms with Crippen molar-refractivity contribution in [3.63, 3.8) is 0 Å². The molecule has 4 rings (SSSR count). The molecule has 4 aromatic rings. The van der Waals surface area contributed by atoms with Crippen LogP contribution in [0.4, 0.5) is 24.7 Å². The molecule has 1 amide bonds. The minimum absolute atomic E-state index is 0.162. The molecular weight excluding hydrogens is 443 g/mol. The third kappa shape index (κ3) is 5.03. The number of halogens is 3. The minimum Gasteiger partial charge on any atom is -0.378 e. The molecule has 2 heterocycles. The molecule has 0 atom stereocenters. The maximum absolute atomic E-state index is 13.3. The Labute approximate surface area is 194 Å². The van der Waals surface area contributed by atoms with E-state index in [0.29, 0.717) is 16.8 Å². The number of carbonyl (C=O) groups is 1. The average Bonchev–Trinajstić information content (AvgIpc) is 2.84. The first-order valence-corrected chi connectivity index (χ1v) is 10.3. The third-order valence-electron chi connectivity index (χ3n) is 5.04. The fourth-order valence-electron chi connectivity index (χ4n) is 3.32. The van der Waals surface area contributed by atoms with E-state index in [4.69, 9.17) is 0 Å². The van der Waals surface area contributed by atoms with Gasteiger partial charge in [-0.3, -0.25) is 14.8 Å². The molecule has 0 radical (unpaired) electrons. The zero-order valence-corrected chi connectivity index (χ0v) is 18.3. The van der Waals surface area contributed by atoms with Crippen molar-refractivity contribution >= 4 is 17.4 Å². The van der Waals surface area contributed by atoms with Gasteiger partial charge in [0.2, 0.25) is 0 Å². The van der Waals surface area contributed by atoms with Gasteiger partial charge in [0, 0.05) is 48.9 Å². The molecule has 0 fully saturated rings. The van der Waals surface area contributed by atoms with Crippen LogP contribution in [0.5, 0.6) is 0 Å². The van der Waals surface area contributed by atoms with Crippen molar-refractivity contribution in [2.24, 2.45) is 0 Å². The van der Waals surface area contributed by atoms with E-state index in [1.807, 2.05) is 25.1 Å². The quantitative estimate of drug-likeness (QED) is 0.421. The molecule has 0 saturated carbocycles. The van der Waals surface area contributed by atoms with Gasteiger partial charge in [-0.05, 0) is 42.5 Å². The normalized spacial score (nSPS) is 11.2. The molecule has 0 spiro atoms. The van der Waals surface area contributed by atoms with Crippen molar-refractivity contribution in [3.05, 3.63) is 90.4 Å². The predicted octanol–water partition coefficient (Wildman–Crippen LogP) is 5.54. The van der Waals surface area contributed by atoms with Crippen LogP contribution in [0.15, 0.2) is 79.3 Å². The zero-order chi connectivity index (χ0) is 24.3. The lowest BCUT2D eigenvalue weighted by molar-refractivity contribution is -0.137. The zero-order valence-electron chi connectivity index (χ0n) is 18.3. The molecule has 0 saturated heterocycles. The van der Waals surface area contributed by atoms with E-state index in [1.165, 1.54) is 24.5 Å². The number of amides is 1. The first-order chi connectivity index (χ1) is 16.2. The summed E-state index contributed by atoms with van der Waals surface area (Å²) in [6, 6.07) is 15.3. The molecule has 9 heteroatoms. The molecule has 6 nitrogen and oxygen atoms in total. The van der Waals surface area contributed by atoms with Gasteiger partial charge in [0.1, 0.15) is 5.69 Å². The lowest BCUT2D eigenvalue weighted by Gasteiger charge is -2.14. The molecule has 172 valence electrons. The Hall–Kier alpha value is -4.27. The number of anilines is 2. The van der Waals surface area contributed by atoms with Gasteiger partial charge in [0.15, 0.2) is 5.82 Å². The summed E-state index contributed by atoms with van der Waals surface area (Å²) in [7, 11) is 3.74. The standard InChI is InChI=1S/C25H20F3N5O/c1-33(2)20-10-4-7-17(13-20)24(34)32-21-15-30-22(23(31-21)18-8-5-11-29-14-18)16-6-3-9-19(12-16)25(26,27)28/h3-15H,1-2H3,(H,31,32,34). The maximum atomic E-state index is 13.3. The number of alkyl halides is 3. The largest absolute Gasteiger partial charge is 0.416 e. The predicted molar refractivity (Wildman–Crippen MR) is 124 cm³/mol. The fraction of sp³-hybridized carbons (Fsp3) is 0.120. The molecule has 34 heavy (non-hydrogen) atoms. The van der Waals surface area contributed by atoms with Crippen LogP contribution in [0.3, 0.4) is 0 Å². The maximum Gasteiger partial charge on any atom is 0.416 e. The van der Waals surface area contributed by atoms with Crippen LogP contribution in [0.1, 0.15) is 15.9 Å². The monoisotopic (exact) mass is 463 g/mol. The van der Waals surface area contributed by atoms with Crippen LogP contribution in [-0.2, 0) is 6.18 Å². The van der Waals surface area contributed by atoms with Crippen LogP contribution in [-0.4, -0.2) is 35.0 Å². The average molecular weight is 463 g/mol. The number of hydrogen-bond donors (Lipinski definition) is 1. The highest BCUT2D eigenvalue weighted by atomic mass is 19.4. The van der Waals surface area contributed by atoms with E-state index in [1.54, 1.807) is 36.5 Å². The number of rotatable bonds is 5. The Balaban J connectivity index is 1.74. The van der Waals surface area contributed by atoms with Crippen molar-refractivity contribution in [2.45, 2.75) is 6.18 Å². The number of pyridine rings is 1. The molecule has 1 N–H and O–H groups in total. The van der Waals surface area contributed by atoms with Gasteiger partial charge >= 0.3 is 6.18 Å². The smallest absolute Gasteiger partial charge is 0.378 e. The summed E-state index contributed by atoms with van der Waals surface area (Å²) < 4.78 is 39.8. The van der Waals surface area contributed by atoms with Gasteiger partial charge in [0.25, 0.3) is 5.91 Å². The Morgan fingerprint density at radius 1 is 0.912 bits per heavy atom. The highest BCUT2D eigenvalue weighted by Crippen LogP contribution is 2.34. The summed E-state index contributed by atoms with van der Waals surface area (Å²) in [4.78, 5) is 27.6. The fourth-order valence-corrected chi connectivity index (χ4v) is 3.32. The van der Waals surface area contributed by atoms with Crippen LogP contribution in [0.2, 0.25) is 0 Å². The van der Waals surface area contributed by atoms with E-state index in [-0.39, 0.29) is 23.0 Å². The van der Waals surface area contributed by atoms with E-state index in [9.17, 15) is 18.0 Å². The van der Waals surface area contributed by atoms with Gasteiger partial charge in [0.05, 0.1) is 17.5 Å². The van der Waals surface area contributed by atoms with Gasteiger partial charge in [-0.25, -0.2) is 4.98 Å². The van der Waals surface area contributed by atoms with Crippen LogP contribution >= 0.6 is 0 Å². The number of hydrogen-bond acceptors (Lipinski definition) is 5. The Bertz CT molecular complexity index is 1320. The number of carbonyl (C=O) groups excluding carboxylic acids is 1.